The van der Waals surface area contributed by atoms with Crippen molar-refractivity contribution in [1.29, 1.82) is 0 Å². The molecular formula is C25H19ClN4OS. The lowest BCUT2D eigenvalue weighted by Gasteiger charge is -2.13. The van der Waals surface area contributed by atoms with Crippen LogP contribution in [0, 0.1) is 13.8 Å². The van der Waals surface area contributed by atoms with Crippen LogP contribution in [0.5, 0.6) is 0 Å². The Bertz CT molecular complexity index is 1490. The van der Waals surface area contributed by atoms with Crippen molar-refractivity contribution in [2.24, 2.45) is 0 Å². The summed E-state index contributed by atoms with van der Waals surface area (Å²) in [6, 6.07) is 22.7. The van der Waals surface area contributed by atoms with E-state index in [0.717, 1.165) is 32.6 Å². The number of para-hydroxylation sites is 1. The summed E-state index contributed by atoms with van der Waals surface area (Å²) in [6.07, 6.45) is 0. The van der Waals surface area contributed by atoms with Gasteiger partial charge in [0.1, 0.15) is 0 Å². The van der Waals surface area contributed by atoms with Gasteiger partial charge in [-0.2, -0.15) is 0 Å². The number of hydrogen-bond acceptors (Lipinski definition) is 5. The number of fused-ring (bicyclic) bond motifs is 1. The number of benzene rings is 3. The molecule has 1 N–H and O–H groups in total. The molecule has 0 saturated carbocycles. The molecule has 0 spiro atoms. The van der Waals surface area contributed by atoms with E-state index in [4.69, 9.17) is 16.6 Å². The van der Waals surface area contributed by atoms with Crippen molar-refractivity contribution in [3.63, 3.8) is 0 Å². The van der Waals surface area contributed by atoms with Crippen molar-refractivity contribution in [3.8, 4) is 16.4 Å². The van der Waals surface area contributed by atoms with Gasteiger partial charge in [0.15, 0.2) is 11.0 Å². The van der Waals surface area contributed by atoms with Crippen LogP contribution < -0.4 is 10.9 Å². The Morgan fingerprint density at radius 3 is 2.38 bits per heavy atom. The fourth-order valence-corrected chi connectivity index (χ4v) is 4.62. The molecule has 0 bridgehead atoms. The van der Waals surface area contributed by atoms with Crippen molar-refractivity contribution in [2.75, 3.05) is 5.32 Å². The number of halogens is 1. The summed E-state index contributed by atoms with van der Waals surface area (Å²) in [5.41, 5.74) is 4.14. The van der Waals surface area contributed by atoms with Crippen LogP contribution in [0.15, 0.2) is 77.6 Å². The van der Waals surface area contributed by atoms with Gasteiger partial charge in [0, 0.05) is 10.7 Å². The normalized spacial score (nSPS) is 11.1. The Kier molecular flexibility index (Phi) is 5.25. The fraction of sp³-hybridized carbons (Fsp3) is 0.0800. The van der Waals surface area contributed by atoms with Crippen molar-refractivity contribution >= 4 is 44.7 Å². The molecule has 2 heterocycles. The molecule has 5 rings (SSSR count). The smallest absolute Gasteiger partial charge is 0.266 e. The van der Waals surface area contributed by atoms with Gasteiger partial charge in [0.05, 0.1) is 27.2 Å². The zero-order valence-electron chi connectivity index (χ0n) is 17.5. The molecule has 0 aliphatic carbocycles. The number of anilines is 2. The van der Waals surface area contributed by atoms with Gasteiger partial charge < -0.3 is 5.32 Å². The van der Waals surface area contributed by atoms with Gasteiger partial charge in [-0.3, -0.25) is 9.36 Å². The van der Waals surface area contributed by atoms with Crippen LogP contribution in [0.3, 0.4) is 0 Å². The van der Waals surface area contributed by atoms with E-state index in [9.17, 15) is 4.79 Å². The summed E-state index contributed by atoms with van der Waals surface area (Å²) in [6.45, 7) is 3.95. The Morgan fingerprint density at radius 1 is 0.906 bits per heavy atom. The lowest BCUT2D eigenvalue weighted by Crippen LogP contribution is -2.21. The van der Waals surface area contributed by atoms with Gasteiger partial charge in [-0.1, -0.05) is 52.8 Å². The molecule has 0 unspecified atom stereocenters. The Labute approximate surface area is 194 Å². The third kappa shape index (κ3) is 3.79. The van der Waals surface area contributed by atoms with Gasteiger partial charge in [-0.05, 0) is 62.4 Å². The van der Waals surface area contributed by atoms with Gasteiger partial charge in [0.2, 0.25) is 0 Å². The molecule has 5 nitrogen and oxygen atoms in total. The average Bonchev–Trinajstić information content (AvgIpc) is 3.16. The highest BCUT2D eigenvalue weighted by Gasteiger charge is 2.19. The van der Waals surface area contributed by atoms with E-state index in [1.165, 1.54) is 11.3 Å². The van der Waals surface area contributed by atoms with Crippen molar-refractivity contribution in [1.82, 2.24) is 14.5 Å². The topological polar surface area (TPSA) is 59.8 Å². The predicted octanol–water partition coefficient (Wildman–Crippen LogP) is 6.52. The summed E-state index contributed by atoms with van der Waals surface area (Å²) in [4.78, 5) is 23.9. The molecule has 0 saturated heterocycles. The summed E-state index contributed by atoms with van der Waals surface area (Å²) in [5, 5.41) is 5.29. The Balaban J connectivity index is 1.69. The van der Waals surface area contributed by atoms with E-state index in [2.05, 4.69) is 10.3 Å². The lowest BCUT2D eigenvalue weighted by molar-refractivity contribution is 0.975. The highest BCUT2D eigenvalue weighted by Crippen LogP contribution is 2.34. The molecule has 7 heteroatoms. The number of rotatable bonds is 4. The molecule has 158 valence electrons. The largest absolute Gasteiger partial charge is 0.332 e. The number of aromatic nitrogens is 3. The molecule has 0 aliphatic heterocycles. The van der Waals surface area contributed by atoms with Crippen molar-refractivity contribution < 1.29 is 0 Å². The van der Waals surface area contributed by atoms with Crippen LogP contribution in [0.25, 0.3) is 27.3 Å². The minimum absolute atomic E-state index is 0.102. The summed E-state index contributed by atoms with van der Waals surface area (Å²) >= 11 is 7.45. The van der Waals surface area contributed by atoms with E-state index in [-0.39, 0.29) is 5.56 Å². The zero-order chi connectivity index (χ0) is 22.2. The number of thiazole rings is 1. The van der Waals surface area contributed by atoms with Crippen LogP contribution in [-0.4, -0.2) is 14.5 Å². The maximum atomic E-state index is 13.5. The monoisotopic (exact) mass is 458 g/mol. The van der Waals surface area contributed by atoms with E-state index in [1.807, 2.05) is 86.6 Å². The standard InChI is InChI=1S/C25H19ClN4OS/c1-15-7-13-19(14-8-15)30-23(29-21-6-4-3-5-20(21)24(30)31)22-16(2)27-25(32-22)28-18-11-9-17(26)10-12-18/h3-14H,1-2H3,(H,27,28). The third-order valence-corrected chi connectivity index (χ3v) is 6.48. The first-order valence-electron chi connectivity index (χ1n) is 10.1. The van der Waals surface area contributed by atoms with Gasteiger partial charge >= 0.3 is 0 Å². The molecule has 0 radical (unpaired) electrons. The van der Waals surface area contributed by atoms with Crippen LogP contribution in [0.2, 0.25) is 5.02 Å². The second-order valence-corrected chi connectivity index (χ2v) is 8.93. The molecular weight excluding hydrogens is 440 g/mol. The first-order chi connectivity index (χ1) is 15.5. The minimum Gasteiger partial charge on any atom is -0.332 e. The second kappa shape index (κ2) is 8.22. The highest BCUT2D eigenvalue weighted by atomic mass is 35.5. The first kappa shape index (κ1) is 20.4. The van der Waals surface area contributed by atoms with Crippen LogP contribution >= 0.6 is 22.9 Å². The molecule has 0 amide bonds. The number of aryl methyl sites for hydroxylation is 2. The van der Waals surface area contributed by atoms with E-state index in [0.29, 0.717) is 21.7 Å². The second-order valence-electron chi connectivity index (χ2n) is 7.49. The van der Waals surface area contributed by atoms with Crippen LogP contribution in [0.4, 0.5) is 10.8 Å². The van der Waals surface area contributed by atoms with E-state index >= 15 is 0 Å². The first-order valence-corrected chi connectivity index (χ1v) is 11.3. The average molecular weight is 459 g/mol. The maximum absolute atomic E-state index is 13.5. The Morgan fingerprint density at radius 2 is 1.62 bits per heavy atom. The summed E-state index contributed by atoms with van der Waals surface area (Å²) in [5.74, 6) is 0.580. The fourth-order valence-electron chi connectivity index (χ4n) is 3.53. The SMILES string of the molecule is Cc1ccc(-n2c(-c3sc(Nc4ccc(Cl)cc4)nc3C)nc3ccccc3c2=O)cc1. The predicted molar refractivity (Wildman–Crippen MR) is 133 cm³/mol. The lowest BCUT2D eigenvalue weighted by atomic mass is 10.2. The summed E-state index contributed by atoms with van der Waals surface area (Å²) in [7, 11) is 0. The Hall–Kier alpha value is -3.48. The van der Waals surface area contributed by atoms with Crippen LogP contribution in [-0.2, 0) is 0 Å². The molecule has 5 aromatic rings. The molecule has 0 aliphatic rings. The van der Waals surface area contributed by atoms with Crippen molar-refractivity contribution in [2.45, 2.75) is 13.8 Å². The molecule has 32 heavy (non-hydrogen) atoms. The van der Waals surface area contributed by atoms with Gasteiger partial charge in [-0.15, -0.1) is 0 Å². The molecule has 0 fully saturated rings. The molecule has 3 aromatic carbocycles. The van der Waals surface area contributed by atoms with E-state index in [1.54, 1.807) is 4.57 Å². The van der Waals surface area contributed by atoms with Gasteiger partial charge in [-0.25, -0.2) is 9.97 Å². The number of nitrogens with zero attached hydrogens (tertiary/aromatic N) is 3. The van der Waals surface area contributed by atoms with E-state index < -0.39 is 0 Å². The minimum atomic E-state index is -0.102. The number of nitrogens with one attached hydrogen (secondary N) is 1. The van der Waals surface area contributed by atoms with Gasteiger partial charge in [0.25, 0.3) is 5.56 Å². The molecule has 0 atom stereocenters. The maximum Gasteiger partial charge on any atom is 0.266 e. The van der Waals surface area contributed by atoms with Crippen molar-refractivity contribution in [3.05, 3.63) is 99.4 Å². The number of hydrogen-bond donors (Lipinski definition) is 1. The quantitative estimate of drug-likeness (QED) is 0.333. The van der Waals surface area contributed by atoms with Crippen LogP contribution in [0.1, 0.15) is 11.3 Å². The molecule has 2 aromatic heterocycles. The highest BCUT2D eigenvalue weighted by molar-refractivity contribution is 7.19. The zero-order valence-corrected chi connectivity index (χ0v) is 19.0. The third-order valence-electron chi connectivity index (χ3n) is 5.16. The summed E-state index contributed by atoms with van der Waals surface area (Å²) < 4.78 is 1.67.